The van der Waals surface area contributed by atoms with E-state index >= 15 is 0 Å². The van der Waals surface area contributed by atoms with Crippen molar-refractivity contribution in [3.8, 4) is 5.75 Å². The zero-order valence-corrected chi connectivity index (χ0v) is 13.2. The largest absolute Gasteiger partial charge is 0.484 e. The molecule has 0 bridgehead atoms. The van der Waals surface area contributed by atoms with Gasteiger partial charge in [-0.1, -0.05) is 23.7 Å². The fourth-order valence-corrected chi connectivity index (χ4v) is 2.06. The normalized spacial score (nSPS) is 10.1. The standard InChI is InChI=1S/C17H17ClN2O3/c18-14-5-3-13(4-6-14)17(22)20-10-9-12-1-7-15(8-2-12)23-11-16(19)21/h1-8H,9-11H2,(H2,19,21)(H,20,22). The minimum absolute atomic E-state index is 0.136. The van der Waals surface area contributed by atoms with Crippen LogP contribution in [0.1, 0.15) is 15.9 Å². The van der Waals surface area contributed by atoms with Crippen molar-refractivity contribution in [2.45, 2.75) is 6.42 Å². The lowest BCUT2D eigenvalue weighted by Crippen LogP contribution is -2.25. The average molecular weight is 333 g/mol. The number of rotatable bonds is 7. The van der Waals surface area contributed by atoms with Crippen LogP contribution in [0.15, 0.2) is 48.5 Å². The Hall–Kier alpha value is -2.53. The molecule has 0 heterocycles. The minimum atomic E-state index is -0.515. The van der Waals surface area contributed by atoms with E-state index in [0.29, 0.717) is 29.3 Å². The number of ether oxygens (including phenoxy) is 1. The molecule has 2 aromatic rings. The summed E-state index contributed by atoms with van der Waals surface area (Å²) in [7, 11) is 0. The third-order valence-corrected chi connectivity index (χ3v) is 3.36. The van der Waals surface area contributed by atoms with E-state index in [0.717, 1.165) is 5.56 Å². The molecule has 0 saturated heterocycles. The monoisotopic (exact) mass is 332 g/mol. The first-order valence-corrected chi connectivity index (χ1v) is 7.46. The summed E-state index contributed by atoms with van der Waals surface area (Å²) in [6, 6.07) is 14.0. The molecule has 0 atom stereocenters. The van der Waals surface area contributed by atoms with Gasteiger partial charge in [0.05, 0.1) is 0 Å². The fraction of sp³-hybridized carbons (Fsp3) is 0.176. The summed E-state index contributed by atoms with van der Waals surface area (Å²) in [5.41, 5.74) is 6.63. The zero-order valence-electron chi connectivity index (χ0n) is 12.4. The van der Waals surface area contributed by atoms with Gasteiger partial charge in [-0.3, -0.25) is 9.59 Å². The number of nitrogens with two attached hydrogens (primary N) is 1. The van der Waals surface area contributed by atoms with E-state index in [1.807, 2.05) is 12.1 Å². The van der Waals surface area contributed by atoms with Crippen molar-refractivity contribution >= 4 is 23.4 Å². The highest BCUT2D eigenvalue weighted by molar-refractivity contribution is 6.30. The Morgan fingerprint density at radius 2 is 1.70 bits per heavy atom. The van der Waals surface area contributed by atoms with E-state index in [1.165, 1.54) is 0 Å². The number of amides is 2. The summed E-state index contributed by atoms with van der Waals surface area (Å²) < 4.78 is 5.18. The molecule has 0 radical (unpaired) electrons. The zero-order chi connectivity index (χ0) is 16.7. The van der Waals surface area contributed by atoms with Crippen LogP contribution >= 0.6 is 11.6 Å². The summed E-state index contributed by atoms with van der Waals surface area (Å²) in [4.78, 5) is 22.6. The predicted octanol–water partition coefficient (Wildman–Crippen LogP) is 2.18. The number of benzene rings is 2. The maximum atomic E-state index is 11.9. The van der Waals surface area contributed by atoms with Crippen LogP contribution in [0.4, 0.5) is 0 Å². The molecule has 2 amide bonds. The van der Waals surface area contributed by atoms with Crippen LogP contribution in [-0.2, 0) is 11.2 Å². The first-order chi connectivity index (χ1) is 11.0. The molecule has 0 aromatic heterocycles. The van der Waals surface area contributed by atoms with Gasteiger partial charge in [0, 0.05) is 17.1 Å². The van der Waals surface area contributed by atoms with Gasteiger partial charge in [-0.15, -0.1) is 0 Å². The molecule has 0 aliphatic heterocycles. The average Bonchev–Trinajstić information content (AvgIpc) is 2.54. The van der Waals surface area contributed by atoms with Crippen LogP contribution in [0.3, 0.4) is 0 Å². The maximum Gasteiger partial charge on any atom is 0.255 e. The molecule has 0 aliphatic carbocycles. The van der Waals surface area contributed by atoms with Gasteiger partial charge in [-0.2, -0.15) is 0 Å². The Morgan fingerprint density at radius 3 is 2.30 bits per heavy atom. The van der Waals surface area contributed by atoms with Gasteiger partial charge in [-0.25, -0.2) is 0 Å². The van der Waals surface area contributed by atoms with Crippen LogP contribution in [0.2, 0.25) is 5.02 Å². The number of nitrogens with one attached hydrogen (secondary N) is 1. The van der Waals surface area contributed by atoms with Crippen molar-refractivity contribution in [2.24, 2.45) is 5.73 Å². The van der Waals surface area contributed by atoms with Gasteiger partial charge >= 0.3 is 0 Å². The van der Waals surface area contributed by atoms with Gasteiger partial charge in [0.15, 0.2) is 6.61 Å². The van der Waals surface area contributed by atoms with Crippen LogP contribution in [0.5, 0.6) is 5.75 Å². The summed E-state index contributed by atoms with van der Waals surface area (Å²) >= 11 is 5.79. The van der Waals surface area contributed by atoms with E-state index in [1.54, 1.807) is 36.4 Å². The maximum absolute atomic E-state index is 11.9. The quantitative estimate of drug-likeness (QED) is 0.815. The molecular formula is C17H17ClN2O3. The van der Waals surface area contributed by atoms with Crippen LogP contribution in [0, 0.1) is 0 Å². The third-order valence-electron chi connectivity index (χ3n) is 3.11. The lowest BCUT2D eigenvalue weighted by atomic mass is 10.1. The number of halogens is 1. The summed E-state index contributed by atoms with van der Waals surface area (Å²) in [5, 5.41) is 3.44. The lowest BCUT2D eigenvalue weighted by Gasteiger charge is -2.07. The highest BCUT2D eigenvalue weighted by atomic mass is 35.5. The van der Waals surface area contributed by atoms with Gasteiger partial charge in [0.25, 0.3) is 11.8 Å². The Balaban J connectivity index is 1.78. The topological polar surface area (TPSA) is 81.4 Å². The van der Waals surface area contributed by atoms with Crippen LogP contribution < -0.4 is 15.8 Å². The molecule has 0 fully saturated rings. The SMILES string of the molecule is NC(=O)COc1ccc(CCNC(=O)c2ccc(Cl)cc2)cc1. The van der Waals surface area contributed by atoms with E-state index in [4.69, 9.17) is 22.1 Å². The molecule has 0 saturated carbocycles. The molecule has 5 nitrogen and oxygen atoms in total. The number of primary amides is 1. The van der Waals surface area contributed by atoms with E-state index in [-0.39, 0.29) is 12.5 Å². The smallest absolute Gasteiger partial charge is 0.255 e. The van der Waals surface area contributed by atoms with Gasteiger partial charge in [0.1, 0.15) is 5.75 Å². The second kappa shape index (κ2) is 8.19. The third kappa shape index (κ3) is 5.64. The molecule has 2 aromatic carbocycles. The van der Waals surface area contributed by atoms with Crippen LogP contribution in [0.25, 0.3) is 0 Å². The molecule has 0 unspecified atom stereocenters. The molecule has 23 heavy (non-hydrogen) atoms. The molecular weight excluding hydrogens is 316 g/mol. The van der Waals surface area contributed by atoms with Crippen molar-refractivity contribution in [1.29, 1.82) is 0 Å². The number of carbonyl (C=O) groups is 2. The molecule has 2 rings (SSSR count). The van der Waals surface area contributed by atoms with Crippen molar-refractivity contribution in [2.75, 3.05) is 13.2 Å². The highest BCUT2D eigenvalue weighted by Gasteiger charge is 2.04. The second-order valence-electron chi connectivity index (χ2n) is 4.91. The predicted molar refractivity (Wildman–Crippen MR) is 88.6 cm³/mol. The van der Waals surface area contributed by atoms with E-state index in [9.17, 15) is 9.59 Å². The summed E-state index contributed by atoms with van der Waals surface area (Å²) in [6.45, 7) is 0.374. The lowest BCUT2D eigenvalue weighted by molar-refractivity contribution is -0.119. The molecule has 0 aliphatic rings. The molecule has 6 heteroatoms. The Kier molecular flexibility index (Phi) is 6.00. The Labute approximate surface area is 139 Å². The number of hydrogen-bond acceptors (Lipinski definition) is 3. The fourth-order valence-electron chi connectivity index (χ4n) is 1.93. The van der Waals surface area contributed by atoms with E-state index < -0.39 is 5.91 Å². The number of carbonyl (C=O) groups excluding carboxylic acids is 2. The van der Waals surface area contributed by atoms with Gasteiger partial charge < -0.3 is 15.8 Å². The first-order valence-electron chi connectivity index (χ1n) is 7.08. The van der Waals surface area contributed by atoms with Crippen molar-refractivity contribution in [3.05, 3.63) is 64.7 Å². The highest BCUT2D eigenvalue weighted by Crippen LogP contribution is 2.12. The summed E-state index contributed by atoms with van der Waals surface area (Å²) in [6.07, 6.45) is 0.690. The van der Waals surface area contributed by atoms with Gasteiger partial charge in [-0.05, 0) is 48.4 Å². The van der Waals surface area contributed by atoms with E-state index in [2.05, 4.69) is 5.32 Å². The van der Waals surface area contributed by atoms with Crippen molar-refractivity contribution in [3.63, 3.8) is 0 Å². The first kappa shape index (κ1) is 16.8. The molecule has 120 valence electrons. The number of hydrogen-bond donors (Lipinski definition) is 2. The van der Waals surface area contributed by atoms with Gasteiger partial charge in [0.2, 0.25) is 0 Å². The second-order valence-corrected chi connectivity index (χ2v) is 5.35. The minimum Gasteiger partial charge on any atom is -0.484 e. The Morgan fingerprint density at radius 1 is 1.04 bits per heavy atom. The van der Waals surface area contributed by atoms with Crippen molar-refractivity contribution in [1.82, 2.24) is 5.32 Å². The van der Waals surface area contributed by atoms with Crippen LogP contribution in [-0.4, -0.2) is 25.0 Å². The van der Waals surface area contributed by atoms with Crippen molar-refractivity contribution < 1.29 is 14.3 Å². The molecule has 3 N–H and O–H groups in total. The summed E-state index contributed by atoms with van der Waals surface area (Å²) in [5.74, 6) is -0.0696. The molecule has 0 spiro atoms. The Bertz CT molecular complexity index is 669.